The molecule has 0 radical (unpaired) electrons. The first-order valence-corrected chi connectivity index (χ1v) is 12.0. The zero-order chi connectivity index (χ0) is 22.7. The summed E-state index contributed by atoms with van der Waals surface area (Å²) in [6.45, 7) is 3.41. The Hall–Kier alpha value is -2.44. The summed E-state index contributed by atoms with van der Waals surface area (Å²) in [4.78, 5) is 27.1. The van der Waals surface area contributed by atoms with E-state index >= 15 is 0 Å². The van der Waals surface area contributed by atoms with Gasteiger partial charge >= 0.3 is 6.03 Å². The van der Waals surface area contributed by atoms with Crippen LogP contribution in [-0.4, -0.2) is 49.7 Å². The van der Waals surface area contributed by atoms with E-state index in [9.17, 15) is 9.59 Å². The first-order chi connectivity index (χ1) is 15.4. The van der Waals surface area contributed by atoms with Gasteiger partial charge in [-0.3, -0.25) is 4.79 Å². The van der Waals surface area contributed by atoms with Crippen molar-refractivity contribution in [2.45, 2.75) is 64.0 Å². The number of ether oxygens (including phenoxy) is 2. The molecule has 7 nitrogen and oxygen atoms in total. The summed E-state index contributed by atoms with van der Waals surface area (Å²) in [7, 11) is 3.20. The Morgan fingerprint density at radius 2 is 1.66 bits per heavy atom. The number of nitrogens with zero attached hydrogens (tertiary/aromatic N) is 1. The second kappa shape index (κ2) is 9.59. The van der Waals surface area contributed by atoms with Crippen LogP contribution in [0.2, 0.25) is 0 Å². The van der Waals surface area contributed by atoms with Gasteiger partial charge in [0.05, 0.1) is 14.2 Å². The average molecular weight is 444 g/mol. The summed E-state index contributed by atoms with van der Waals surface area (Å²) >= 11 is 0. The van der Waals surface area contributed by atoms with Crippen LogP contribution in [0.4, 0.5) is 4.79 Å². The molecule has 0 aliphatic heterocycles. The molecule has 0 spiro atoms. The molecule has 4 aliphatic carbocycles. The highest BCUT2D eigenvalue weighted by molar-refractivity contribution is 5.78. The van der Waals surface area contributed by atoms with Gasteiger partial charge < -0.3 is 25.0 Å². The minimum absolute atomic E-state index is 0.00822. The first-order valence-electron chi connectivity index (χ1n) is 12.0. The molecule has 4 fully saturated rings. The van der Waals surface area contributed by atoms with Gasteiger partial charge in [0.25, 0.3) is 0 Å². The predicted molar refractivity (Wildman–Crippen MR) is 123 cm³/mol. The Morgan fingerprint density at radius 3 is 2.22 bits per heavy atom. The third-order valence-electron chi connectivity index (χ3n) is 7.60. The highest BCUT2D eigenvalue weighted by Gasteiger charge is 2.51. The molecule has 0 heterocycles. The van der Waals surface area contributed by atoms with Gasteiger partial charge in [-0.05, 0) is 80.9 Å². The average Bonchev–Trinajstić information content (AvgIpc) is 2.75. The SMILES string of the molecule is CCN(Cc1ccc(OC)c(OC)c1)C(=O)CCNC(=O)NC12CC3CC(CC(C3)C1)C2. The predicted octanol–water partition coefficient (Wildman–Crippen LogP) is 3.71. The van der Waals surface area contributed by atoms with Crippen LogP contribution in [0.3, 0.4) is 0 Å². The molecular formula is C25H37N3O4. The highest BCUT2D eigenvalue weighted by Crippen LogP contribution is 2.55. The van der Waals surface area contributed by atoms with E-state index in [2.05, 4.69) is 10.6 Å². The summed E-state index contributed by atoms with van der Waals surface area (Å²) < 4.78 is 10.6. The summed E-state index contributed by atoms with van der Waals surface area (Å²) in [6, 6.07) is 5.56. The summed E-state index contributed by atoms with van der Waals surface area (Å²) in [5.74, 6) is 3.71. The maximum Gasteiger partial charge on any atom is 0.315 e. The molecule has 0 aromatic heterocycles. The van der Waals surface area contributed by atoms with E-state index in [4.69, 9.17) is 9.47 Å². The van der Waals surface area contributed by atoms with Crippen molar-refractivity contribution in [1.82, 2.24) is 15.5 Å². The maximum absolute atomic E-state index is 12.7. The zero-order valence-corrected chi connectivity index (χ0v) is 19.6. The van der Waals surface area contributed by atoms with Crippen molar-refractivity contribution in [2.24, 2.45) is 17.8 Å². The first kappa shape index (κ1) is 22.7. The minimum atomic E-state index is -0.123. The van der Waals surface area contributed by atoms with Crippen molar-refractivity contribution in [3.8, 4) is 11.5 Å². The fourth-order valence-corrected chi connectivity index (χ4v) is 6.57. The van der Waals surface area contributed by atoms with E-state index in [1.165, 1.54) is 19.3 Å². The van der Waals surface area contributed by atoms with Crippen molar-refractivity contribution < 1.29 is 19.1 Å². The molecule has 3 amide bonds. The Balaban J connectivity index is 1.24. The van der Waals surface area contributed by atoms with Crippen LogP contribution in [0.1, 0.15) is 57.4 Å². The molecule has 5 rings (SSSR count). The van der Waals surface area contributed by atoms with Gasteiger partial charge in [0, 0.05) is 31.6 Å². The number of carbonyl (C=O) groups is 2. The van der Waals surface area contributed by atoms with Crippen LogP contribution in [0.25, 0.3) is 0 Å². The quantitative estimate of drug-likeness (QED) is 0.610. The molecule has 7 heteroatoms. The van der Waals surface area contributed by atoms with Gasteiger partial charge in [-0.15, -0.1) is 0 Å². The minimum Gasteiger partial charge on any atom is -0.493 e. The van der Waals surface area contributed by atoms with Gasteiger partial charge in [0.15, 0.2) is 11.5 Å². The van der Waals surface area contributed by atoms with Crippen LogP contribution in [-0.2, 0) is 11.3 Å². The lowest BCUT2D eigenvalue weighted by Crippen LogP contribution is -2.61. The zero-order valence-electron chi connectivity index (χ0n) is 19.6. The molecular weight excluding hydrogens is 406 g/mol. The lowest BCUT2D eigenvalue weighted by atomic mass is 9.53. The smallest absolute Gasteiger partial charge is 0.315 e. The number of urea groups is 1. The number of methoxy groups -OCH3 is 2. The van der Waals surface area contributed by atoms with Crippen LogP contribution in [0.15, 0.2) is 18.2 Å². The van der Waals surface area contributed by atoms with Gasteiger partial charge in [0.2, 0.25) is 5.91 Å². The number of carbonyl (C=O) groups excluding carboxylic acids is 2. The number of nitrogens with one attached hydrogen (secondary N) is 2. The molecule has 4 saturated carbocycles. The van der Waals surface area contributed by atoms with Crippen molar-refractivity contribution >= 4 is 11.9 Å². The summed E-state index contributed by atoms with van der Waals surface area (Å²) in [5.41, 5.74) is 0.969. The molecule has 4 bridgehead atoms. The standard InChI is InChI=1S/C25H37N3O4/c1-4-28(16-17-5-6-21(31-2)22(12-17)32-3)23(29)7-8-26-24(30)27-25-13-18-9-19(14-25)11-20(10-18)15-25/h5-6,12,18-20H,4,7-11,13-16H2,1-3H3,(H2,26,27,30). The van der Waals surface area contributed by atoms with Crippen molar-refractivity contribution in [1.29, 1.82) is 0 Å². The largest absolute Gasteiger partial charge is 0.493 e. The van der Waals surface area contributed by atoms with Gasteiger partial charge in [-0.1, -0.05) is 6.07 Å². The van der Waals surface area contributed by atoms with Gasteiger partial charge in [-0.2, -0.15) is 0 Å². The normalized spacial score (nSPS) is 27.7. The van der Waals surface area contributed by atoms with E-state index in [-0.39, 0.29) is 23.9 Å². The molecule has 0 saturated heterocycles. The van der Waals surface area contributed by atoms with Crippen LogP contribution < -0.4 is 20.1 Å². The van der Waals surface area contributed by atoms with Crippen LogP contribution >= 0.6 is 0 Å². The highest BCUT2D eigenvalue weighted by atomic mass is 16.5. The topological polar surface area (TPSA) is 79.9 Å². The van der Waals surface area contributed by atoms with E-state index in [1.54, 1.807) is 19.1 Å². The third-order valence-corrected chi connectivity index (χ3v) is 7.60. The Labute approximate surface area is 191 Å². The van der Waals surface area contributed by atoms with Crippen LogP contribution in [0, 0.1) is 17.8 Å². The lowest BCUT2D eigenvalue weighted by molar-refractivity contribution is -0.131. The number of benzene rings is 1. The summed E-state index contributed by atoms with van der Waals surface area (Å²) in [6.07, 6.45) is 7.72. The number of hydrogen-bond acceptors (Lipinski definition) is 4. The van der Waals surface area contributed by atoms with Gasteiger partial charge in [-0.25, -0.2) is 4.79 Å². The van der Waals surface area contributed by atoms with Crippen molar-refractivity contribution in [3.05, 3.63) is 23.8 Å². The third kappa shape index (κ3) is 4.97. The van der Waals surface area contributed by atoms with Crippen LogP contribution in [0.5, 0.6) is 11.5 Å². The number of rotatable bonds is 9. The number of hydrogen-bond donors (Lipinski definition) is 2. The Bertz CT molecular complexity index is 805. The van der Waals surface area contributed by atoms with Gasteiger partial charge in [0.1, 0.15) is 0 Å². The second-order valence-electron chi connectivity index (χ2n) is 9.93. The van der Waals surface area contributed by atoms with E-state index in [1.807, 2.05) is 25.1 Å². The Kier molecular flexibility index (Phi) is 6.82. The fraction of sp³-hybridized carbons (Fsp3) is 0.680. The molecule has 0 atom stereocenters. The molecule has 2 N–H and O–H groups in total. The molecule has 4 aliphatic rings. The molecule has 1 aromatic carbocycles. The van der Waals surface area contributed by atoms with E-state index in [0.29, 0.717) is 31.1 Å². The second-order valence-corrected chi connectivity index (χ2v) is 9.93. The molecule has 176 valence electrons. The summed E-state index contributed by atoms with van der Waals surface area (Å²) in [5, 5.41) is 6.23. The lowest BCUT2D eigenvalue weighted by Gasteiger charge is -2.56. The molecule has 32 heavy (non-hydrogen) atoms. The fourth-order valence-electron chi connectivity index (χ4n) is 6.57. The Morgan fingerprint density at radius 1 is 1.03 bits per heavy atom. The molecule has 0 unspecified atom stereocenters. The van der Waals surface area contributed by atoms with Crippen molar-refractivity contribution in [3.63, 3.8) is 0 Å². The van der Waals surface area contributed by atoms with E-state index < -0.39 is 0 Å². The molecule has 1 aromatic rings. The maximum atomic E-state index is 12.7. The van der Waals surface area contributed by atoms with Crippen molar-refractivity contribution in [2.75, 3.05) is 27.3 Å². The monoisotopic (exact) mass is 443 g/mol. The number of amides is 3. The van der Waals surface area contributed by atoms with E-state index in [0.717, 1.165) is 42.6 Å².